The maximum absolute atomic E-state index is 12.3. The summed E-state index contributed by atoms with van der Waals surface area (Å²) in [4.78, 5) is 34.9. The van der Waals surface area contributed by atoms with Gasteiger partial charge in [0.1, 0.15) is 12.1 Å². The lowest BCUT2D eigenvalue weighted by Gasteiger charge is -2.28. The second kappa shape index (κ2) is 7.52. The van der Waals surface area contributed by atoms with Crippen molar-refractivity contribution in [1.29, 1.82) is 0 Å². The molecule has 152 valence electrons. The minimum Gasteiger partial charge on any atom is -0.367 e. The van der Waals surface area contributed by atoms with E-state index in [1.165, 1.54) is 17.7 Å². The Morgan fingerprint density at radius 1 is 1.00 bits per heavy atom. The van der Waals surface area contributed by atoms with Crippen molar-refractivity contribution < 1.29 is 9.59 Å². The molecule has 0 radical (unpaired) electrons. The third kappa shape index (κ3) is 3.77. The molecule has 1 aliphatic heterocycles. The monoisotopic (exact) mass is 400 g/mol. The van der Waals surface area contributed by atoms with E-state index in [-0.39, 0.29) is 17.7 Å². The highest BCUT2D eigenvalue weighted by atomic mass is 16.2. The number of imide groups is 1. The van der Waals surface area contributed by atoms with Crippen molar-refractivity contribution in [3.8, 4) is 11.1 Å². The molecule has 0 atom stereocenters. The van der Waals surface area contributed by atoms with Crippen LogP contribution >= 0.6 is 0 Å². The molecule has 1 aromatic heterocycles. The number of fused-ring (bicyclic) bond motifs is 1. The number of nitrogens with zero attached hydrogens (tertiary/aromatic N) is 3. The zero-order valence-corrected chi connectivity index (χ0v) is 17.0. The Kier molecular flexibility index (Phi) is 4.69. The van der Waals surface area contributed by atoms with E-state index in [1.54, 1.807) is 6.33 Å². The second-order valence-corrected chi connectivity index (χ2v) is 8.46. The van der Waals surface area contributed by atoms with Gasteiger partial charge in [0, 0.05) is 24.3 Å². The zero-order chi connectivity index (χ0) is 20.7. The lowest BCUT2D eigenvalue weighted by atomic mass is 9.96. The third-order valence-corrected chi connectivity index (χ3v) is 5.80. The van der Waals surface area contributed by atoms with E-state index in [9.17, 15) is 9.59 Å². The van der Waals surface area contributed by atoms with Gasteiger partial charge >= 0.3 is 0 Å². The first-order chi connectivity index (χ1) is 14.6. The molecule has 6 heteroatoms. The first-order valence-electron chi connectivity index (χ1n) is 10.5. The van der Waals surface area contributed by atoms with E-state index in [1.807, 2.05) is 37.3 Å². The van der Waals surface area contributed by atoms with E-state index >= 15 is 0 Å². The molecular formula is C24H24N4O2. The van der Waals surface area contributed by atoms with E-state index in [4.69, 9.17) is 0 Å². The van der Waals surface area contributed by atoms with Crippen LogP contribution in [0, 0.1) is 5.92 Å². The molecule has 1 aliphatic carbocycles. The molecule has 6 nitrogen and oxygen atoms in total. The molecule has 2 aromatic carbocycles. The van der Waals surface area contributed by atoms with E-state index < -0.39 is 0 Å². The fraction of sp³-hybridized carbons (Fsp3) is 0.333. The number of anilines is 1. The van der Waals surface area contributed by atoms with Crippen LogP contribution in [0.2, 0.25) is 0 Å². The van der Waals surface area contributed by atoms with Gasteiger partial charge in [0.05, 0.1) is 12.1 Å². The zero-order valence-electron chi connectivity index (χ0n) is 17.0. The summed E-state index contributed by atoms with van der Waals surface area (Å²) in [7, 11) is 0. The predicted molar refractivity (Wildman–Crippen MR) is 116 cm³/mol. The number of hydrogen-bond acceptors (Lipinski definition) is 5. The number of nitrogens with one attached hydrogen (secondary N) is 1. The van der Waals surface area contributed by atoms with Crippen LogP contribution in [0.15, 0.2) is 48.8 Å². The third-order valence-electron chi connectivity index (χ3n) is 5.80. The van der Waals surface area contributed by atoms with E-state index in [2.05, 4.69) is 27.4 Å². The topological polar surface area (TPSA) is 75.2 Å². The van der Waals surface area contributed by atoms with E-state index in [0.29, 0.717) is 25.4 Å². The Morgan fingerprint density at radius 2 is 1.77 bits per heavy atom. The number of amides is 2. The van der Waals surface area contributed by atoms with Crippen molar-refractivity contribution in [2.24, 2.45) is 5.92 Å². The van der Waals surface area contributed by atoms with Crippen molar-refractivity contribution in [2.75, 3.05) is 5.32 Å². The van der Waals surface area contributed by atoms with Gasteiger partial charge in [-0.25, -0.2) is 9.97 Å². The van der Waals surface area contributed by atoms with Crippen molar-refractivity contribution in [1.82, 2.24) is 14.9 Å². The fourth-order valence-corrected chi connectivity index (χ4v) is 4.01. The molecule has 0 spiro atoms. The molecule has 2 amide bonds. The van der Waals surface area contributed by atoms with Gasteiger partial charge in [0.2, 0.25) is 11.8 Å². The molecule has 1 saturated heterocycles. The van der Waals surface area contributed by atoms with Gasteiger partial charge in [-0.1, -0.05) is 31.2 Å². The highest BCUT2D eigenvalue weighted by Crippen LogP contribution is 2.31. The SMILES string of the molecule is CC1CC(=O)N(Cc2cccc(-c3ccc4ncnc(NC5CC5)c4c3)c2)C(=O)C1. The van der Waals surface area contributed by atoms with Crippen molar-refractivity contribution >= 4 is 28.5 Å². The number of likely N-dealkylation sites (tertiary alicyclic amines) is 1. The van der Waals surface area contributed by atoms with Gasteiger partial charge in [0.25, 0.3) is 0 Å². The first kappa shape index (κ1) is 18.7. The summed E-state index contributed by atoms with van der Waals surface area (Å²) in [5, 5.41) is 4.49. The van der Waals surface area contributed by atoms with Crippen LogP contribution in [0.4, 0.5) is 5.82 Å². The molecule has 30 heavy (non-hydrogen) atoms. The number of benzene rings is 2. The Bertz CT molecular complexity index is 1120. The minimum atomic E-state index is -0.0807. The van der Waals surface area contributed by atoms with Crippen LogP contribution in [0.3, 0.4) is 0 Å². The molecule has 1 saturated carbocycles. The maximum Gasteiger partial charge on any atom is 0.229 e. The Balaban J connectivity index is 1.44. The van der Waals surface area contributed by atoms with Gasteiger partial charge in [-0.15, -0.1) is 0 Å². The van der Waals surface area contributed by atoms with Crippen LogP contribution < -0.4 is 5.32 Å². The second-order valence-electron chi connectivity index (χ2n) is 8.46. The summed E-state index contributed by atoms with van der Waals surface area (Å²) in [5.41, 5.74) is 3.96. The maximum atomic E-state index is 12.3. The Morgan fingerprint density at radius 3 is 2.53 bits per heavy atom. The molecule has 3 aromatic rings. The molecule has 5 rings (SSSR count). The summed E-state index contributed by atoms with van der Waals surface area (Å²) < 4.78 is 0. The van der Waals surface area contributed by atoms with Gasteiger partial charge in [-0.3, -0.25) is 14.5 Å². The lowest BCUT2D eigenvalue weighted by molar-refractivity contribution is -0.150. The number of carbonyl (C=O) groups is 2. The fourth-order valence-electron chi connectivity index (χ4n) is 4.01. The summed E-state index contributed by atoms with van der Waals surface area (Å²) in [6.07, 6.45) is 4.83. The molecule has 1 N–H and O–H groups in total. The Hall–Kier alpha value is -3.28. The number of piperidine rings is 1. The van der Waals surface area contributed by atoms with E-state index in [0.717, 1.165) is 33.4 Å². The minimum absolute atomic E-state index is 0.0807. The quantitative estimate of drug-likeness (QED) is 0.651. The standard InChI is InChI=1S/C24H24N4O2/c1-15-9-22(29)28(23(30)10-15)13-16-3-2-4-17(11-16)18-5-8-21-20(12-18)24(26-14-25-21)27-19-6-7-19/h2-5,8,11-12,14-15,19H,6-7,9-10,13H2,1H3,(H,25,26,27). The molecular weight excluding hydrogens is 376 g/mol. The largest absolute Gasteiger partial charge is 0.367 e. The van der Waals surface area contributed by atoms with Crippen LogP contribution in [-0.2, 0) is 16.1 Å². The smallest absolute Gasteiger partial charge is 0.229 e. The molecule has 0 bridgehead atoms. The van der Waals surface area contributed by atoms with Crippen molar-refractivity contribution in [2.45, 2.75) is 45.2 Å². The summed E-state index contributed by atoms with van der Waals surface area (Å²) in [6, 6.07) is 14.7. The highest BCUT2D eigenvalue weighted by molar-refractivity contribution is 5.98. The van der Waals surface area contributed by atoms with Crippen LogP contribution in [0.5, 0.6) is 0 Å². The average Bonchev–Trinajstić information content (AvgIpc) is 3.55. The molecule has 2 heterocycles. The van der Waals surface area contributed by atoms with Gasteiger partial charge in [0.15, 0.2) is 0 Å². The molecule has 0 unspecified atom stereocenters. The van der Waals surface area contributed by atoms with Crippen molar-refractivity contribution in [3.05, 3.63) is 54.4 Å². The Labute approximate surface area is 175 Å². The number of rotatable bonds is 5. The number of aromatic nitrogens is 2. The number of hydrogen-bond donors (Lipinski definition) is 1. The van der Waals surface area contributed by atoms with Crippen LogP contribution in [0.1, 0.15) is 38.2 Å². The molecule has 2 fully saturated rings. The summed E-state index contributed by atoms with van der Waals surface area (Å²) >= 11 is 0. The summed E-state index contributed by atoms with van der Waals surface area (Å²) in [5.74, 6) is 0.843. The molecule has 2 aliphatic rings. The average molecular weight is 400 g/mol. The van der Waals surface area contributed by atoms with Crippen LogP contribution in [0.25, 0.3) is 22.0 Å². The van der Waals surface area contributed by atoms with Crippen LogP contribution in [-0.4, -0.2) is 32.7 Å². The highest BCUT2D eigenvalue weighted by Gasteiger charge is 2.30. The number of carbonyl (C=O) groups excluding carboxylic acids is 2. The predicted octanol–water partition coefficient (Wildman–Crippen LogP) is 4.16. The van der Waals surface area contributed by atoms with Gasteiger partial charge in [-0.05, 0) is 53.6 Å². The summed E-state index contributed by atoms with van der Waals surface area (Å²) in [6.45, 7) is 2.27. The normalized spacial score (nSPS) is 17.6. The first-order valence-corrected chi connectivity index (χ1v) is 10.5. The van der Waals surface area contributed by atoms with Crippen molar-refractivity contribution in [3.63, 3.8) is 0 Å². The van der Waals surface area contributed by atoms with Gasteiger partial charge < -0.3 is 5.32 Å². The lowest BCUT2D eigenvalue weighted by Crippen LogP contribution is -2.42. The van der Waals surface area contributed by atoms with Gasteiger partial charge in [-0.2, -0.15) is 0 Å².